The summed E-state index contributed by atoms with van der Waals surface area (Å²) in [6, 6.07) is 15.8. The molecule has 2 N–H and O–H groups in total. The number of fused-ring (bicyclic) bond motifs is 2. The standard InChI is InChI=1S/C34H33N7O3S/c1-20-6-10-24-25(12-13-35-27(24)14-21-7-11-29(36-16-21)41(2)3)30(20)40-34(42)26-18-45-32-31(26)38-19-39-33(32)37-17-22-8-9-23(43-4)15-28(22)44-5/h6-13,15-16,18-19H,14,17H2,1-5H3,(H,40,42)(H,37,38,39). The lowest BCUT2D eigenvalue weighted by molar-refractivity contribution is 0.102. The molecule has 0 atom stereocenters. The third kappa shape index (κ3) is 6.07. The zero-order valence-corrected chi connectivity index (χ0v) is 26.5. The zero-order chi connectivity index (χ0) is 31.5. The fourth-order valence-electron chi connectivity index (χ4n) is 5.21. The quantitative estimate of drug-likeness (QED) is 0.178. The second kappa shape index (κ2) is 12.7. The van der Waals surface area contributed by atoms with Crippen LogP contribution >= 0.6 is 11.3 Å². The van der Waals surface area contributed by atoms with E-state index < -0.39 is 0 Å². The summed E-state index contributed by atoms with van der Waals surface area (Å²) >= 11 is 1.43. The van der Waals surface area contributed by atoms with E-state index in [-0.39, 0.29) is 5.91 Å². The maximum Gasteiger partial charge on any atom is 0.258 e. The first-order valence-electron chi connectivity index (χ1n) is 14.3. The van der Waals surface area contributed by atoms with E-state index in [1.807, 2.05) is 73.9 Å². The van der Waals surface area contributed by atoms with Gasteiger partial charge >= 0.3 is 0 Å². The fraction of sp³-hybridized carbons (Fsp3) is 0.206. The maximum absolute atomic E-state index is 13.7. The van der Waals surface area contributed by atoms with Gasteiger partial charge in [0.1, 0.15) is 29.5 Å². The number of anilines is 3. The highest BCUT2D eigenvalue weighted by molar-refractivity contribution is 7.18. The molecular formula is C34H33N7O3S. The molecule has 0 aliphatic rings. The Morgan fingerprint density at radius 1 is 0.956 bits per heavy atom. The minimum absolute atomic E-state index is 0.236. The van der Waals surface area contributed by atoms with Crippen molar-refractivity contribution >= 4 is 55.6 Å². The van der Waals surface area contributed by atoms with E-state index in [2.05, 4.69) is 42.7 Å². The minimum atomic E-state index is -0.236. The Hall–Kier alpha value is -5.29. The summed E-state index contributed by atoms with van der Waals surface area (Å²) in [5.41, 5.74) is 5.70. The summed E-state index contributed by atoms with van der Waals surface area (Å²) in [6.07, 6.45) is 5.77. The van der Waals surface area contributed by atoms with Crippen LogP contribution in [-0.2, 0) is 13.0 Å². The Balaban J connectivity index is 1.25. The number of hydrogen-bond acceptors (Lipinski definition) is 10. The van der Waals surface area contributed by atoms with E-state index in [0.29, 0.717) is 35.6 Å². The number of thiophene rings is 1. The van der Waals surface area contributed by atoms with Crippen LogP contribution in [0.4, 0.5) is 17.3 Å². The van der Waals surface area contributed by atoms with Crippen LogP contribution in [-0.4, -0.2) is 54.2 Å². The Morgan fingerprint density at radius 2 is 1.82 bits per heavy atom. The van der Waals surface area contributed by atoms with Crippen LogP contribution in [0.25, 0.3) is 21.0 Å². The zero-order valence-electron chi connectivity index (χ0n) is 25.7. The number of methoxy groups -OCH3 is 2. The number of pyridine rings is 2. The van der Waals surface area contributed by atoms with Crippen molar-refractivity contribution in [3.8, 4) is 11.5 Å². The van der Waals surface area contributed by atoms with Gasteiger partial charge in [0.15, 0.2) is 0 Å². The Kier molecular flexibility index (Phi) is 8.43. The first-order valence-corrected chi connectivity index (χ1v) is 15.2. The third-order valence-corrected chi connectivity index (χ3v) is 8.63. The largest absolute Gasteiger partial charge is 0.497 e. The summed E-state index contributed by atoms with van der Waals surface area (Å²) in [6.45, 7) is 2.46. The van der Waals surface area contributed by atoms with E-state index in [4.69, 9.17) is 9.47 Å². The molecule has 228 valence electrons. The van der Waals surface area contributed by atoms with E-state index in [1.165, 1.54) is 17.7 Å². The number of aryl methyl sites for hydroxylation is 1. The highest BCUT2D eigenvalue weighted by atomic mass is 32.1. The maximum atomic E-state index is 13.7. The predicted octanol–water partition coefficient (Wildman–Crippen LogP) is 6.48. The molecule has 0 spiro atoms. The lowest BCUT2D eigenvalue weighted by atomic mass is 10.0. The second-order valence-electron chi connectivity index (χ2n) is 10.7. The molecule has 1 amide bonds. The van der Waals surface area contributed by atoms with Crippen molar-refractivity contribution in [1.82, 2.24) is 19.9 Å². The van der Waals surface area contributed by atoms with Gasteiger partial charge < -0.3 is 25.0 Å². The average molecular weight is 620 g/mol. The van der Waals surface area contributed by atoms with E-state index >= 15 is 0 Å². The summed E-state index contributed by atoms with van der Waals surface area (Å²) < 4.78 is 11.6. The molecule has 10 nitrogen and oxygen atoms in total. The first-order chi connectivity index (χ1) is 21.9. The van der Waals surface area contributed by atoms with Crippen molar-refractivity contribution in [3.05, 3.63) is 101 Å². The second-order valence-corrected chi connectivity index (χ2v) is 11.6. The lowest BCUT2D eigenvalue weighted by Crippen LogP contribution is -2.13. The van der Waals surface area contributed by atoms with E-state index in [0.717, 1.165) is 55.1 Å². The van der Waals surface area contributed by atoms with Gasteiger partial charge in [0.2, 0.25) is 0 Å². The molecule has 0 fully saturated rings. The molecule has 0 bridgehead atoms. The van der Waals surface area contributed by atoms with Crippen LogP contribution < -0.4 is 25.0 Å². The van der Waals surface area contributed by atoms with Gasteiger partial charge in [0.25, 0.3) is 5.91 Å². The Labute approximate surface area is 265 Å². The van der Waals surface area contributed by atoms with Crippen molar-refractivity contribution in [2.24, 2.45) is 0 Å². The van der Waals surface area contributed by atoms with E-state index in [9.17, 15) is 4.79 Å². The first kappa shape index (κ1) is 29.8. The number of aromatic nitrogens is 4. The predicted molar refractivity (Wildman–Crippen MR) is 180 cm³/mol. The van der Waals surface area contributed by atoms with Gasteiger partial charge in [-0.05, 0) is 42.3 Å². The number of rotatable bonds is 10. The monoisotopic (exact) mass is 619 g/mol. The molecular weight excluding hydrogens is 586 g/mol. The van der Waals surface area contributed by atoms with Gasteiger partial charge in [-0.25, -0.2) is 15.0 Å². The van der Waals surface area contributed by atoms with Gasteiger partial charge in [-0.15, -0.1) is 11.3 Å². The summed E-state index contributed by atoms with van der Waals surface area (Å²) in [4.78, 5) is 33.9. The van der Waals surface area contributed by atoms with Gasteiger partial charge in [0.05, 0.1) is 41.4 Å². The molecule has 4 aromatic heterocycles. The minimum Gasteiger partial charge on any atom is -0.497 e. The van der Waals surface area contributed by atoms with Gasteiger partial charge in [0, 0.05) is 67.2 Å². The molecule has 45 heavy (non-hydrogen) atoms. The number of carbonyl (C=O) groups is 1. The van der Waals surface area contributed by atoms with Crippen molar-refractivity contribution in [2.75, 3.05) is 43.8 Å². The number of nitrogens with one attached hydrogen (secondary N) is 2. The molecule has 6 rings (SSSR count). The highest BCUT2D eigenvalue weighted by Gasteiger charge is 2.19. The SMILES string of the molecule is COc1ccc(CNc2ncnc3c(C(=O)Nc4c(C)ccc5c(Cc6ccc(N(C)C)nc6)nccc45)csc23)c(OC)c1. The van der Waals surface area contributed by atoms with Crippen LogP contribution in [0.3, 0.4) is 0 Å². The summed E-state index contributed by atoms with van der Waals surface area (Å²) in [5, 5.41) is 10.3. The molecule has 2 aromatic carbocycles. The van der Waals surface area contributed by atoms with Crippen molar-refractivity contribution in [2.45, 2.75) is 19.9 Å². The molecule has 0 saturated carbocycles. The summed E-state index contributed by atoms with van der Waals surface area (Å²) in [7, 11) is 7.18. The number of benzene rings is 2. The topological polar surface area (TPSA) is 114 Å². The van der Waals surface area contributed by atoms with Gasteiger partial charge in [-0.1, -0.05) is 18.2 Å². The number of hydrogen-bond donors (Lipinski definition) is 2. The lowest BCUT2D eigenvalue weighted by Gasteiger charge is -2.14. The number of carbonyl (C=O) groups excluding carboxylic acids is 1. The van der Waals surface area contributed by atoms with Crippen LogP contribution in [0.1, 0.15) is 32.7 Å². The van der Waals surface area contributed by atoms with Crippen molar-refractivity contribution < 1.29 is 14.3 Å². The van der Waals surface area contributed by atoms with Gasteiger partial charge in [-0.2, -0.15) is 0 Å². The number of ether oxygens (including phenoxy) is 2. The van der Waals surface area contributed by atoms with Crippen LogP contribution in [0.5, 0.6) is 11.5 Å². The molecule has 0 saturated heterocycles. The van der Waals surface area contributed by atoms with Crippen molar-refractivity contribution in [1.29, 1.82) is 0 Å². The molecule has 0 radical (unpaired) electrons. The number of amides is 1. The fourth-order valence-corrected chi connectivity index (χ4v) is 6.17. The molecule has 11 heteroatoms. The molecule has 4 heterocycles. The van der Waals surface area contributed by atoms with Crippen LogP contribution in [0, 0.1) is 6.92 Å². The Bertz CT molecular complexity index is 2010. The highest BCUT2D eigenvalue weighted by Crippen LogP contribution is 2.34. The Morgan fingerprint density at radius 3 is 2.58 bits per heavy atom. The van der Waals surface area contributed by atoms with Crippen molar-refractivity contribution in [3.63, 3.8) is 0 Å². The molecule has 0 unspecified atom stereocenters. The van der Waals surface area contributed by atoms with Crippen LogP contribution in [0.15, 0.2) is 72.6 Å². The molecule has 0 aliphatic carbocycles. The van der Waals surface area contributed by atoms with Gasteiger partial charge in [-0.3, -0.25) is 9.78 Å². The average Bonchev–Trinajstić information content (AvgIpc) is 3.50. The normalized spacial score (nSPS) is 11.0. The molecule has 0 aliphatic heterocycles. The number of nitrogens with zero attached hydrogens (tertiary/aromatic N) is 5. The smallest absolute Gasteiger partial charge is 0.258 e. The van der Waals surface area contributed by atoms with E-state index in [1.54, 1.807) is 20.4 Å². The molecule has 6 aromatic rings. The van der Waals surface area contributed by atoms with Crippen LogP contribution in [0.2, 0.25) is 0 Å². The summed E-state index contributed by atoms with van der Waals surface area (Å²) in [5.74, 6) is 2.74. The third-order valence-electron chi connectivity index (χ3n) is 7.65.